The molecule has 3 heteroatoms. The summed E-state index contributed by atoms with van der Waals surface area (Å²) in [6.07, 6.45) is 2.40. The number of nitrogens with one attached hydrogen (secondary N) is 1. The van der Waals surface area contributed by atoms with E-state index in [1.165, 1.54) is 11.1 Å². The molecule has 0 bridgehead atoms. The van der Waals surface area contributed by atoms with Crippen LogP contribution in [0.5, 0.6) is 0 Å². The van der Waals surface area contributed by atoms with Crippen LogP contribution in [0.3, 0.4) is 0 Å². The van der Waals surface area contributed by atoms with Crippen LogP contribution in [0.2, 0.25) is 0 Å². The molecule has 0 spiro atoms. The van der Waals surface area contributed by atoms with E-state index in [2.05, 4.69) is 73.2 Å². The Labute approximate surface area is 131 Å². The number of carbonyl (C=O) groups excluding carboxylic acids is 1. The number of halogens is 1. The van der Waals surface area contributed by atoms with Crippen molar-refractivity contribution in [1.29, 1.82) is 0 Å². The Balaban J connectivity index is 2.25. The lowest BCUT2D eigenvalue weighted by Gasteiger charge is -2.22. The maximum absolute atomic E-state index is 11.8. The fourth-order valence-corrected chi connectivity index (χ4v) is 3.20. The van der Waals surface area contributed by atoms with Gasteiger partial charge in [-0.25, -0.2) is 0 Å². The highest BCUT2D eigenvalue weighted by Crippen LogP contribution is 2.24. The van der Waals surface area contributed by atoms with Gasteiger partial charge in [0.25, 0.3) is 0 Å². The molecule has 1 aromatic rings. The third-order valence-electron chi connectivity index (χ3n) is 3.12. The molecule has 0 aliphatic rings. The van der Waals surface area contributed by atoms with Gasteiger partial charge in [-0.3, -0.25) is 4.79 Å². The Kier molecular flexibility index (Phi) is 6.74. The summed E-state index contributed by atoms with van der Waals surface area (Å²) in [7, 11) is 0. The van der Waals surface area contributed by atoms with Gasteiger partial charge in [-0.1, -0.05) is 66.5 Å². The first-order valence-electron chi connectivity index (χ1n) is 7.22. The average Bonchev–Trinajstić information content (AvgIpc) is 2.33. The van der Waals surface area contributed by atoms with Gasteiger partial charge in [0.15, 0.2) is 0 Å². The molecular formula is C17H26BrNO. The zero-order valence-corrected chi connectivity index (χ0v) is 14.6. The lowest BCUT2D eigenvalue weighted by Crippen LogP contribution is -2.31. The summed E-state index contributed by atoms with van der Waals surface area (Å²) in [6, 6.07) is 8.36. The molecule has 1 N–H and O–H groups in total. The number of benzene rings is 1. The molecule has 2 nitrogen and oxygen atoms in total. The van der Waals surface area contributed by atoms with Crippen LogP contribution in [-0.2, 0) is 11.2 Å². The minimum absolute atomic E-state index is 0.129. The first-order valence-corrected chi connectivity index (χ1v) is 8.14. The number of rotatable bonds is 6. The Bertz CT molecular complexity index is 420. The van der Waals surface area contributed by atoms with Crippen molar-refractivity contribution < 1.29 is 4.79 Å². The van der Waals surface area contributed by atoms with E-state index in [9.17, 15) is 4.79 Å². The second kappa shape index (κ2) is 7.82. The standard InChI is InChI=1S/C17H26BrNO/c1-13-5-7-14(8-6-13)9-10-16(20)19-12-15(18)11-17(2,3)4/h5-8,15H,9-12H2,1-4H3,(H,19,20). The quantitative estimate of drug-likeness (QED) is 0.771. The highest BCUT2D eigenvalue weighted by atomic mass is 79.9. The summed E-state index contributed by atoms with van der Waals surface area (Å²) in [4.78, 5) is 12.2. The zero-order chi connectivity index (χ0) is 15.2. The molecule has 0 aliphatic heterocycles. The molecule has 0 aliphatic carbocycles. The number of amides is 1. The second-order valence-corrected chi connectivity index (χ2v) is 7.95. The smallest absolute Gasteiger partial charge is 0.220 e. The van der Waals surface area contributed by atoms with Crippen LogP contribution in [0, 0.1) is 12.3 Å². The summed E-state index contributed by atoms with van der Waals surface area (Å²) >= 11 is 3.63. The maximum atomic E-state index is 11.8. The summed E-state index contributed by atoms with van der Waals surface area (Å²) in [6.45, 7) is 9.40. The highest BCUT2D eigenvalue weighted by Gasteiger charge is 2.16. The normalized spacial score (nSPS) is 13.1. The highest BCUT2D eigenvalue weighted by molar-refractivity contribution is 9.09. The van der Waals surface area contributed by atoms with Gasteiger partial charge in [-0.2, -0.15) is 0 Å². The van der Waals surface area contributed by atoms with E-state index >= 15 is 0 Å². The van der Waals surface area contributed by atoms with Crippen LogP contribution < -0.4 is 5.32 Å². The van der Waals surface area contributed by atoms with Crippen molar-refractivity contribution in [1.82, 2.24) is 5.32 Å². The molecule has 1 rings (SSSR count). The minimum atomic E-state index is 0.129. The zero-order valence-electron chi connectivity index (χ0n) is 13.0. The van der Waals surface area contributed by atoms with Crippen LogP contribution in [0.15, 0.2) is 24.3 Å². The first-order chi connectivity index (χ1) is 9.26. The van der Waals surface area contributed by atoms with Crippen molar-refractivity contribution >= 4 is 21.8 Å². The van der Waals surface area contributed by atoms with E-state index in [1.807, 2.05) is 0 Å². The third kappa shape index (κ3) is 7.68. The minimum Gasteiger partial charge on any atom is -0.355 e. The van der Waals surface area contributed by atoms with Gasteiger partial charge >= 0.3 is 0 Å². The van der Waals surface area contributed by atoms with Crippen LogP contribution in [0.1, 0.15) is 44.7 Å². The fourth-order valence-electron chi connectivity index (χ4n) is 2.06. The second-order valence-electron chi connectivity index (χ2n) is 6.65. The van der Waals surface area contributed by atoms with Crippen LogP contribution in [-0.4, -0.2) is 17.3 Å². The summed E-state index contributed by atoms with van der Waals surface area (Å²) in [5.74, 6) is 0.129. The van der Waals surface area contributed by atoms with E-state index in [-0.39, 0.29) is 11.3 Å². The van der Waals surface area contributed by atoms with Gasteiger partial charge in [-0.15, -0.1) is 0 Å². The monoisotopic (exact) mass is 339 g/mol. The van der Waals surface area contributed by atoms with E-state index in [1.54, 1.807) is 0 Å². The topological polar surface area (TPSA) is 29.1 Å². The predicted molar refractivity (Wildman–Crippen MR) is 89.3 cm³/mol. The van der Waals surface area contributed by atoms with Gasteiger partial charge in [0, 0.05) is 17.8 Å². The number of hydrogen-bond acceptors (Lipinski definition) is 1. The van der Waals surface area contributed by atoms with Crippen molar-refractivity contribution in [3.8, 4) is 0 Å². The van der Waals surface area contributed by atoms with Crippen LogP contribution in [0.25, 0.3) is 0 Å². The molecule has 1 unspecified atom stereocenters. The Morgan fingerprint density at radius 1 is 1.25 bits per heavy atom. The summed E-state index contributed by atoms with van der Waals surface area (Å²) < 4.78 is 0. The van der Waals surface area contributed by atoms with Crippen molar-refractivity contribution in [3.63, 3.8) is 0 Å². The largest absolute Gasteiger partial charge is 0.355 e. The van der Waals surface area contributed by atoms with Gasteiger partial charge in [-0.05, 0) is 30.7 Å². The van der Waals surface area contributed by atoms with Gasteiger partial charge < -0.3 is 5.32 Å². The molecule has 1 amide bonds. The van der Waals surface area contributed by atoms with E-state index in [0.717, 1.165) is 12.8 Å². The molecule has 0 fully saturated rings. The lowest BCUT2D eigenvalue weighted by atomic mass is 9.90. The number of carbonyl (C=O) groups is 1. The van der Waals surface area contributed by atoms with Crippen LogP contribution >= 0.6 is 15.9 Å². The molecular weight excluding hydrogens is 314 g/mol. The number of hydrogen-bond donors (Lipinski definition) is 1. The third-order valence-corrected chi connectivity index (χ3v) is 3.76. The lowest BCUT2D eigenvalue weighted by molar-refractivity contribution is -0.121. The number of aryl methyl sites for hydroxylation is 2. The fraction of sp³-hybridized carbons (Fsp3) is 0.588. The van der Waals surface area contributed by atoms with Crippen molar-refractivity contribution in [2.75, 3.05) is 6.54 Å². The number of alkyl halides is 1. The molecule has 0 heterocycles. The Morgan fingerprint density at radius 3 is 2.40 bits per heavy atom. The molecule has 1 aromatic carbocycles. The van der Waals surface area contributed by atoms with Gasteiger partial charge in [0.05, 0.1) is 0 Å². The SMILES string of the molecule is Cc1ccc(CCC(=O)NCC(Br)CC(C)(C)C)cc1. The average molecular weight is 340 g/mol. The van der Waals surface area contributed by atoms with Gasteiger partial charge in [0.1, 0.15) is 0 Å². The molecule has 0 saturated heterocycles. The van der Waals surface area contributed by atoms with Crippen molar-refractivity contribution in [3.05, 3.63) is 35.4 Å². The van der Waals surface area contributed by atoms with Crippen LogP contribution in [0.4, 0.5) is 0 Å². The Hall–Kier alpha value is -0.830. The van der Waals surface area contributed by atoms with E-state index in [4.69, 9.17) is 0 Å². The molecule has 20 heavy (non-hydrogen) atoms. The van der Waals surface area contributed by atoms with E-state index in [0.29, 0.717) is 17.8 Å². The van der Waals surface area contributed by atoms with E-state index < -0.39 is 0 Å². The molecule has 0 radical (unpaired) electrons. The molecule has 0 saturated carbocycles. The Morgan fingerprint density at radius 2 is 1.85 bits per heavy atom. The molecule has 0 aromatic heterocycles. The maximum Gasteiger partial charge on any atom is 0.220 e. The van der Waals surface area contributed by atoms with Crippen molar-refractivity contribution in [2.24, 2.45) is 5.41 Å². The molecule has 1 atom stereocenters. The summed E-state index contributed by atoms with van der Waals surface area (Å²) in [5.41, 5.74) is 2.75. The first kappa shape index (κ1) is 17.2. The van der Waals surface area contributed by atoms with Crippen molar-refractivity contribution in [2.45, 2.75) is 51.8 Å². The molecule has 112 valence electrons. The van der Waals surface area contributed by atoms with Gasteiger partial charge in [0.2, 0.25) is 5.91 Å². The predicted octanol–water partition coefficient (Wildman–Crippen LogP) is 4.24. The summed E-state index contributed by atoms with van der Waals surface area (Å²) in [5, 5.41) is 3.00.